The van der Waals surface area contributed by atoms with Gasteiger partial charge in [-0.3, -0.25) is 9.78 Å². The van der Waals surface area contributed by atoms with Gasteiger partial charge in [0, 0.05) is 6.20 Å². The number of aliphatic hydroxyl groups is 1. The molecule has 0 saturated carbocycles. The van der Waals surface area contributed by atoms with Gasteiger partial charge < -0.3 is 15.7 Å². The standard InChI is InChI=1S/C23H20F2N8O2/c1-23(2,35)20(25)12-28-21(34)16-11-27-18(6-17(16)32-22-29-9-14(24)10-30-22)19-4-3-15-5-13(7-26)8-31-33(15)19/h3-6,8-11,20,35H,12H2,1-2H3,(H,28,34)(H,27,29,30,32)/t20-/m1/s1. The molecule has 4 aromatic heterocycles. The summed E-state index contributed by atoms with van der Waals surface area (Å²) in [6, 6.07) is 8.76. The van der Waals surface area contributed by atoms with Gasteiger partial charge in [0.2, 0.25) is 5.95 Å². The Morgan fingerprint density at radius 2 is 1.94 bits per heavy atom. The number of amides is 1. The van der Waals surface area contributed by atoms with Crippen LogP contribution in [0.2, 0.25) is 0 Å². The molecule has 0 aromatic carbocycles. The van der Waals surface area contributed by atoms with Crippen LogP contribution < -0.4 is 10.6 Å². The van der Waals surface area contributed by atoms with Gasteiger partial charge in [0.15, 0.2) is 5.82 Å². The molecule has 4 aromatic rings. The molecule has 1 amide bonds. The quantitative estimate of drug-likeness (QED) is 0.368. The molecule has 35 heavy (non-hydrogen) atoms. The number of rotatable bonds is 7. The third-order valence-corrected chi connectivity index (χ3v) is 5.12. The topological polar surface area (TPSA) is 141 Å². The van der Waals surface area contributed by atoms with E-state index in [2.05, 4.69) is 30.7 Å². The Bertz CT molecular complexity index is 1420. The summed E-state index contributed by atoms with van der Waals surface area (Å²) in [4.78, 5) is 24.9. The third-order valence-electron chi connectivity index (χ3n) is 5.12. The average molecular weight is 478 g/mol. The number of halogens is 2. The summed E-state index contributed by atoms with van der Waals surface area (Å²) < 4.78 is 29.0. The van der Waals surface area contributed by atoms with Crippen molar-refractivity contribution in [2.45, 2.75) is 25.6 Å². The van der Waals surface area contributed by atoms with E-state index in [9.17, 15) is 18.7 Å². The Morgan fingerprint density at radius 1 is 1.20 bits per heavy atom. The fourth-order valence-electron chi connectivity index (χ4n) is 3.16. The number of aromatic nitrogens is 5. The van der Waals surface area contributed by atoms with Gasteiger partial charge in [-0.15, -0.1) is 0 Å². The van der Waals surface area contributed by atoms with Gasteiger partial charge in [0.25, 0.3) is 5.91 Å². The molecule has 0 spiro atoms. The van der Waals surface area contributed by atoms with Crippen molar-refractivity contribution in [2.24, 2.45) is 0 Å². The first-order chi connectivity index (χ1) is 16.7. The molecular weight excluding hydrogens is 458 g/mol. The van der Waals surface area contributed by atoms with Crippen molar-refractivity contribution in [1.82, 2.24) is 29.9 Å². The first-order valence-corrected chi connectivity index (χ1v) is 10.4. The zero-order chi connectivity index (χ0) is 25.2. The van der Waals surface area contributed by atoms with Crippen molar-refractivity contribution < 1.29 is 18.7 Å². The zero-order valence-corrected chi connectivity index (χ0v) is 18.7. The van der Waals surface area contributed by atoms with Crippen molar-refractivity contribution in [2.75, 3.05) is 11.9 Å². The normalized spacial score (nSPS) is 12.2. The molecule has 4 rings (SSSR count). The van der Waals surface area contributed by atoms with Gasteiger partial charge in [0.05, 0.1) is 64.5 Å². The number of alkyl halides is 1. The van der Waals surface area contributed by atoms with Crippen LogP contribution in [0.15, 0.2) is 49.1 Å². The highest BCUT2D eigenvalue weighted by Crippen LogP contribution is 2.27. The Balaban J connectivity index is 1.71. The van der Waals surface area contributed by atoms with Crippen molar-refractivity contribution in [3.8, 4) is 17.5 Å². The van der Waals surface area contributed by atoms with Crippen LogP contribution in [0.4, 0.5) is 20.4 Å². The molecule has 12 heteroatoms. The second-order valence-electron chi connectivity index (χ2n) is 8.21. The summed E-state index contributed by atoms with van der Waals surface area (Å²) in [5, 5.41) is 28.4. The largest absolute Gasteiger partial charge is 0.387 e. The lowest BCUT2D eigenvalue weighted by Crippen LogP contribution is -2.42. The monoisotopic (exact) mass is 478 g/mol. The molecule has 178 valence electrons. The lowest BCUT2D eigenvalue weighted by Gasteiger charge is -2.22. The molecule has 0 fully saturated rings. The lowest BCUT2D eigenvalue weighted by atomic mass is 10.0. The number of hydrogen-bond donors (Lipinski definition) is 3. The third kappa shape index (κ3) is 5.20. The second-order valence-corrected chi connectivity index (χ2v) is 8.21. The smallest absolute Gasteiger partial charge is 0.255 e. The average Bonchev–Trinajstić information content (AvgIpc) is 3.26. The lowest BCUT2D eigenvalue weighted by molar-refractivity contribution is -0.00177. The maximum absolute atomic E-state index is 14.1. The van der Waals surface area contributed by atoms with Crippen LogP contribution in [0, 0.1) is 17.1 Å². The van der Waals surface area contributed by atoms with Crippen molar-refractivity contribution >= 4 is 23.1 Å². The number of nitrogens with zero attached hydrogens (tertiary/aromatic N) is 6. The molecule has 3 N–H and O–H groups in total. The van der Waals surface area contributed by atoms with Gasteiger partial charge in [0.1, 0.15) is 12.2 Å². The fourth-order valence-corrected chi connectivity index (χ4v) is 3.16. The summed E-state index contributed by atoms with van der Waals surface area (Å²) in [6.45, 7) is 2.17. The van der Waals surface area contributed by atoms with Gasteiger partial charge in [-0.1, -0.05) is 0 Å². The maximum Gasteiger partial charge on any atom is 0.255 e. The van der Waals surface area contributed by atoms with E-state index in [1.807, 2.05) is 6.07 Å². The minimum atomic E-state index is -1.70. The molecular formula is C23H20F2N8O2. The van der Waals surface area contributed by atoms with E-state index >= 15 is 0 Å². The van der Waals surface area contributed by atoms with E-state index in [-0.39, 0.29) is 17.2 Å². The number of pyridine rings is 1. The van der Waals surface area contributed by atoms with Crippen LogP contribution in [0.1, 0.15) is 29.8 Å². The minimum absolute atomic E-state index is 0.0225. The highest BCUT2D eigenvalue weighted by atomic mass is 19.1. The predicted molar refractivity (Wildman–Crippen MR) is 122 cm³/mol. The first kappa shape index (κ1) is 23.7. The summed E-state index contributed by atoms with van der Waals surface area (Å²) in [5.74, 6) is -1.27. The van der Waals surface area contributed by atoms with E-state index in [0.29, 0.717) is 22.5 Å². The van der Waals surface area contributed by atoms with Gasteiger partial charge in [-0.2, -0.15) is 10.4 Å². The number of nitrogens with one attached hydrogen (secondary N) is 2. The van der Waals surface area contributed by atoms with Crippen molar-refractivity contribution in [1.29, 1.82) is 5.26 Å². The van der Waals surface area contributed by atoms with E-state index in [0.717, 1.165) is 12.4 Å². The van der Waals surface area contributed by atoms with E-state index in [1.165, 1.54) is 26.2 Å². The highest BCUT2D eigenvalue weighted by Gasteiger charge is 2.27. The Hall–Kier alpha value is -4.50. The second kappa shape index (κ2) is 9.40. The Morgan fingerprint density at radius 3 is 2.63 bits per heavy atom. The van der Waals surface area contributed by atoms with Gasteiger partial charge in [-0.05, 0) is 38.1 Å². The van der Waals surface area contributed by atoms with Crippen LogP contribution >= 0.6 is 0 Å². The van der Waals surface area contributed by atoms with E-state index < -0.39 is 30.0 Å². The number of fused-ring (bicyclic) bond motifs is 1. The number of carbonyl (C=O) groups is 1. The van der Waals surface area contributed by atoms with Crippen LogP contribution in [-0.2, 0) is 0 Å². The molecule has 0 aliphatic rings. The summed E-state index contributed by atoms with van der Waals surface area (Å²) in [5.41, 5.74) is 0.697. The van der Waals surface area contributed by atoms with Crippen LogP contribution in [0.25, 0.3) is 16.9 Å². The molecule has 1 atom stereocenters. The van der Waals surface area contributed by atoms with Crippen LogP contribution in [-0.4, -0.2) is 53.9 Å². The summed E-state index contributed by atoms with van der Waals surface area (Å²) >= 11 is 0. The molecule has 10 nitrogen and oxygen atoms in total. The zero-order valence-electron chi connectivity index (χ0n) is 18.7. The summed E-state index contributed by atoms with van der Waals surface area (Å²) in [7, 11) is 0. The molecule has 0 aliphatic heterocycles. The Labute approximate surface area is 198 Å². The molecule has 4 heterocycles. The van der Waals surface area contributed by atoms with Crippen LogP contribution in [0.5, 0.6) is 0 Å². The van der Waals surface area contributed by atoms with E-state index in [1.54, 1.807) is 28.8 Å². The Kier molecular flexibility index (Phi) is 6.35. The SMILES string of the molecule is CC(C)(O)[C@H](F)CNC(=O)c1cnc(-c2ccc3cc(C#N)cnn23)cc1Nc1ncc(F)cn1. The number of anilines is 2. The predicted octanol–water partition coefficient (Wildman–Crippen LogP) is 2.78. The maximum atomic E-state index is 14.1. The number of carbonyl (C=O) groups excluding carboxylic acids is 1. The fraction of sp³-hybridized carbons (Fsp3) is 0.217. The van der Waals surface area contributed by atoms with Crippen molar-refractivity contribution in [3.05, 3.63) is 66.0 Å². The number of nitriles is 1. The van der Waals surface area contributed by atoms with Crippen molar-refractivity contribution in [3.63, 3.8) is 0 Å². The number of hydrogen-bond acceptors (Lipinski definition) is 8. The van der Waals surface area contributed by atoms with Gasteiger partial charge in [-0.25, -0.2) is 23.3 Å². The van der Waals surface area contributed by atoms with Crippen LogP contribution in [0.3, 0.4) is 0 Å². The van der Waals surface area contributed by atoms with E-state index in [4.69, 9.17) is 5.26 Å². The summed E-state index contributed by atoms with van der Waals surface area (Å²) in [6.07, 6.45) is 2.93. The minimum Gasteiger partial charge on any atom is -0.387 e. The molecule has 0 aliphatic carbocycles. The molecule has 0 bridgehead atoms. The highest BCUT2D eigenvalue weighted by molar-refractivity contribution is 6.00. The molecule has 0 saturated heterocycles. The van der Waals surface area contributed by atoms with Gasteiger partial charge >= 0.3 is 0 Å². The first-order valence-electron chi connectivity index (χ1n) is 10.4. The molecule has 0 unspecified atom stereocenters. The molecule has 0 radical (unpaired) electrons.